The van der Waals surface area contributed by atoms with E-state index in [0.717, 1.165) is 11.8 Å². The summed E-state index contributed by atoms with van der Waals surface area (Å²) in [5, 5.41) is 0. The Labute approximate surface area is 84.8 Å². The fraction of sp³-hybridized carbons (Fsp3) is 0.400. The highest BCUT2D eigenvalue weighted by Crippen LogP contribution is 2.15. The maximum atomic E-state index is 10.7. The van der Waals surface area contributed by atoms with Crippen molar-refractivity contribution in [3.05, 3.63) is 35.9 Å². The lowest BCUT2D eigenvalue weighted by Gasteiger charge is -2.10. The molecule has 0 saturated heterocycles. The highest BCUT2D eigenvalue weighted by atomic mass is 32.2. The molecule has 1 aromatic rings. The first-order valence-electron chi connectivity index (χ1n) is 4.38. The molecule has 14 heavy (non-hydrogen) atoms. The molecule has 1 aromatic carbocycles. The van der Waals surface area contributed by atoms with E-state index in [9.17, 15) is 8.42 Å². The summed E-state index contributed by atoms with van der Waals surface area (Å²) < 4.78 is 26.2. The zero-order valence-corrected chi connectivity index (χ0v) is 9.12. The molecule has 0 aromatic heterocycles. The van der Waals surface area contributed by atoms with Gasteiger partial charge in [-0.25, -0.2) is 0 Å². The molecule has 0 heterocycles. The van der Waals surface area contributed by atoms with Gasteiger partial charge in [-0.15, -0.1) is 0 Å². The van der Waals surface area contributed by atoms with Gasteiger partial charge < -0.3 is 0 Å². The van der Waals surface area contributed by atoms with Gasteiger partial charge in [0, 0.05) is 5.92 Å². The van der Waals surface area contributed by atoms with Crippen LogP contribution >= 0.6 is 0 Å². The molecule has 1 rings (SSSR count). The number of hydrogen-bond acceptors (Lipinski definition) is 3. The molecule has 0 aliphatic heterocycles. The summed E-state index contributed by atoms with van der Waals surface area (Å²) in [4.78, 5) is 0. The fourth-order valence-electron chi connectivity index (χ4n) is 1.10. The highest BCUT2D eigenvalue weighted by molar-refractivity contribution is 7.85. The van der Waals surface area contributed by atoms with Gasteiger partial charge in [-0.3, -0.25) is 4.18 Å². The van der Waals surface area contributed by atoms with Crippen molar-refractivity contribution in [1.82, 2.24) is 0 Å². The van der Waals surface area contributed by atoms with Crippen LogP contribution in [0.5, 0.6) is 0 Å². The van der Waals surface area contributed by atoms with E-state index in [-0.39, 0.29) is 12.5 Å². The van der Waals surface area contributed by atoms with Crippen LogP contribution in [-0.4, -0.2) is 21.3 Å². The molecule has 0 bridgehead atoms. The molecule has 0 aliphatic rings. The van der Waals surface area contributed by atoms with Crippen molar-refractivity contribution in [2.24, 2.45) is 0 Å². The third-order valence-electron chi connectivity index (χ3n) is 1.90. The van der Waals surface area contributed by atoms with E-state index >= 15 is 0 Å². The van der Waals surface area contributed by atoms with E-state index in [1.807, 2.05) is 37.3 Å². The highest BCUT2D eigenvalue weighted by Gasteiger charge is 2.08. The molecule has 0 amide bonds. The van der Waals surface area contributed by atoms with Crippen LogP contribution in [0.1, 0.15) is 18.4 Å². The van der Waals surface area contributed by atoms with Crippen LogP contribution < -0.4 is 0 Å². The van der Waals surface area contributed by atoms with Crippen LogP contribution in [0.3, 0.4) is 0 Å². The summed E-state index contributed by atoms with van der Waals surface area (Å²) in [5.74, 6) is 0.0888. The Kier molecular flexibility index (Phi) is 3.66. The van der Waals surface area contributed by atoms with E-state index in [1.54, 1.807) is 0 Å². The third-order valence-corrected chi connectivity index (χ3v) is 2.46. The summed E-state index contributed by atoms with van der Waals surface area (Å²) >= 11 is 0. The van der Waals surface area contributed by atoms with Gasteiger partial charge in [0.25, 0.3) is 10.1 Å². The fourth-order valence-corrected chi connectivity index (χ4v) is 1.55. The maximum absolute atomic E-state index is 10.7. The molecule has 3 nitrogen and oxygen atoms in total. The predicted octanol–water partition coefficient (Wildman–Crippen LogP) is 1.77. The van der Waals surface area contributed by atoms with Crippen molar-refractivity contribution < 1.29 is 12.6 Å². The normalized spacial score (nSPS) is 13.9. The SMILES string of the molecule is C[C@@H](COS(C)(=O)=O)c1ccccc1. The van der Waals surface area contributed by atoms with Gasteiger partial charge in [-0.1, -0.05) is 37.3 Å². The van der Waals surface area contributed by atoms with E-state index in [0.29, 0.717) is 0 Å². The Bertz CT molecular complexity index is 370. The standard InChI is InChI=1S/C10H14O3S/c1-9(8-13-14(2,11)12)10-6-4-3-5-7-10/h3-7,9H,8H2,1-2H3/t9-/m0/s1. The van der Waals surface area contributed by atoms with E-state index in [1.165, 1.54) is 0 Å². The zero-order valence-electron chi connectivity index (χ0n) is 8.30. The molecule has 0 radical (unpaired) electrons. The van der Waals surface area contributed by atoms with Gasteiger partial charge in [0.05, 0.1) is 12.9 Å². The van der Waals surface area contributed by atoms with E-state index < -0.39 is 10.1 Å². The molecular weight excluding hydrogens is 200 g/mol. The lowest BCUT2D eigenvalue weighted by Crippen LogP contribution is -2.09. The van der Waals surface area contributed by atoms with Crippen LogP contribution in [0.2, 0.25) is 0 Å². The molecule has 0 spiro atoms. The first-order valence-corrected chi connectivity index (χ1v) is 6.20. The third kappa shape index (κ3) is 3.89. The minimum Gasteiger partial charge on any atom is -0.270 e. The molecular formula is C10H14O3S. The van der Waals surface area contributed by atoms with Crippen LogP contribution in [0.25, 0.3) is 0 Å². The lowest BCUT2D eigenvalue weighted by molar-refractivity contribution is 0.301. The van der Waals surface area contributed by atoms with Gasteiger partial charge in [0.2, 0.25) is 0 Å². The summed E-state index contributed by atoms with van der Waals surface area (Å²) in [5.41, 5.74) is 1.08. The molecule has 4 heteroatoms. The minimum atomic E-state index is -3.33. The monoisotopic (exact) mass is 214 g/mol. The average molecular weight is 214 g/mol. The van der Waals surface area contributed by atoms with Gasteiger partial charge >= 0.3 is 0 Å². The predicted molar refractivity (Wildman–Crippen MR) is 55.7 cm³/mol. The summed E-state index contributed by atoms with van der Waals surface area (Å²) in [6, 6.07) is 9.68. The summed E-state index contributed by atoms with van der Waals surface area (Å²) in [6.07, 6.45) is 1.06. The second-order valence-electron chi connectivity index (χ2n) is 3.30. The average Bonchev–Trinajstić information content (AvgIpc) is 2.14. The topological polar surface area (TPSA) is 43.4 Å². The molecule has 0 unspecified atom stereocenters. The number of hydrogen-bond donors (Lipinski definition) is 0. The maximum Gasteiger partial charge on any atom is 0.264 e. The van der Waals surface area contributed by atoms with Crippen molar-refractivity contribution >= 4 is 10.1 Å². The van der Waals surface area contributed by atoms with Crippen LogP contribution in [0.15, 0.2) is 30.3 Å². The Balaban J connectivity index is 2.56. The largest absolute Gasteiger partial charge is 0.270 e. The zero-order chi connectivity index (χ0) is 10.6. The number of benzene rings is 1. The minimum absolute atomic E-state index is 0.0888. The van der Waals surface area contributed by atoms with E-state index in [4.69, 9.17) is 4.18 Å². The van der Waals surface area contributed by atoms with Crippen molar-refractivity contribution in [2.75, 3.05) is 12.9 Å². The summed E-state index contributed by atoms with van der Waals surface area (Å²) in [7, 11) is -3.33. The van der Waals surface area contributed by atoms with Crippen molar-refractivity contribution in [3.63, 3.8) is 0 Å². The van der Waals surface area contributed by atoms with Gasteiger partial charge in [0.1, 0.15) is 0 Å². The van der Waals surface area contributed by atoms with E-state index in [2.05, 4.69) is 0 Å². The second kappa shape index (κ2) is 4.57. The quantitative estimate of drug-likeness (QED) is 0.717. The smallest absolute Gasteiger partial charge is 0.264 e. The molecule has 0 fully saturated rings. The van der Waals surface area contributed by atoms with Crippen molar-refractivity contribution in [3.8, 4) is 0 Å². The first-order chi connectivity index (χ1) is 6.49. The van der Waals surface area contributed by atoms with Crippen LogP contribution in [0, 0.1) is 0 Å². The molecule has 0 saturated carbocycles. The van der Waals surface area contributed by atoms with Crippen LogP contribution in [-0.2, 0) is 14.3 Å². The Morgan fingerprint density at radius 3 is 2.36 bits per heavy atom. The Morgan fingerprint density at radius 2 is 1.86 bits per heavy atom. The Hall–Kier alpha value is -0.870. The lowest BCUT2D eigenvalue weighted by atomic mass is 10.0. The molecule has 78 valence electrons. The van der Waals surface area contributed by atoms with Crippen molar-refractivity contribution in [1.29, 1.82) is 0 Å². The van der Waals surface area contributed by atoms with Gasteiger partial charge in [0.15, 0.2) is 0 Å². The molecule has 0 aliphatic carbocycles. The summed E-state index contributed by atoms with van der Waals surface area (Å²) in [6.45, 7) is 2.13. The number of rotatable bonds is 4. The first kappa shape index (κ1) is 11.2. The van der Waals surface area contributed by atoms with Crippen molar-refractivity contribution in [2.45, 2.75) is 12.8 Å². The second-order valence-corrected chi connectivity index (χ2v) is 4.94. The molecule has 0 N–H and O–H groups in total. The van der Waals surface area contributed by atoms with Gasteiger partial charge in [-0.2, -0.15) is 8.42 Å². The van der Waals surface area contributed by atoms with Gasteiger partial charge in [-0.05, 0) is 5.56 Å². The van der Waals surface area contributed by atoms with Crippen LogP contribution in [0.4, 0.5) is 0 Å². The molecule has 1 atom stereocenters. The Morgan fingerprint density at radius 1 is 1.29 bits per heavy atom.